The summed E-state index contributed by atoms with van der Waals surface area (Å²) in [7, 11) is 0. The van der Waals surface area contributed by atoms with Crippen LogP contribution in [0.4, 0.5) is 5.82 Å². The number of aromatic nitrogens is 4. The number of nitrogens with one attached hydrogen (secondary N) is 1. The highest BCUT2D eigenvalue weighted by molar-refractivity contribution is 5.83. The standard InChI is InChI=1S/C21H29N5O3/c27-8-21-7-13(21)16(17(28)18(21)29)26-10-24-15-19(22-9-23-20(15)26)25-14(11-3-1-4-11)12-5-2-6-12/h9-14,16-18,27-29H,1-8H2,(H,22,23,25)/t13?,16-,17+,18?,21?/m1/s1. The van der Waals surface area contributed by atoms with Gasteiger partial charge in [-0.1, -0.05) is 12.8 Å². The van der Waals surface area contributed by atoms with Crippen LogP contribution in [0.1, 0.15) is 51.0 Å². The second-order valence-corrected chi connectivity index (χ2v) is 9.73. The normalized spacial score (nSPS) is 36.8. The van der Waals surface area contributed by atoms with E-state index in [1.807, 2.05) is 4.57 Å². The molecule has 8 heteroatoms. The van der Waals surface area contributed by atoms with E-state index in [0.717, 1.165) is 23.2 Å². The zero-order valence-corrected chi connectivity index (χ0v) is 16.5. The summed E-state index contributed by atoms with van der Waals surface area (Å²) in [5.41, 5.74) is 0.828. The second-order valence-electron chi connectivity index (χ2n) is 9.73. The molecule has 2 aromatic heterocycles. The lowest BCUT2D eigenvalue weighted by molar-refractivity contribution is -0.0300. The van der Waals surface area contributed by atoms with Gasteiger partial charge >= 0.3 is 0 Å². The summed E-state index contributed by atoms with van der Waals surface area (Å²) < 4.78 is 1.88. The summed E-state index contributed by atoms with van der Waals surface area (Å²) in [5, 5.41) is 34.6. The highest BCUT2D eigenvalue weighted by Gasteiger charge is 2.71. The van der Waals surface area contributed by atoms with E-state index in [1.165, 1.54) is 38.5 Å². The van der Waals surface area contributed by atoms with Crippen molar-refractivity contribution in [1.82, 2.24) is 19.5 Å². The first kappa shape index (κ1) is 18.0. The van der Waals surface area contributed by atoms with E-state index in [4.69, 9.17) is 0 Å². The Bertz CT molecular complexity index is 912. The zero-order valence-electron chi connectivity index (χ0n) is 16.5. The maximum atomic E-state index is 10.7. The van der Waals surface area contributed by atoms with Crippen LogP contribution in [-0.2, 0) is 0 Å². The summed E-state index contributed by atoms with van der Waals surface area (Å²) in [6, 6.07) is 0.129. The Morgan fingerprint density at radius 3 is 2.41 bits per heavy atom. The van der Waals surface area contributed by atoms with Crippen molar-refractivity contribution in [2.45, 2.75) is 69.2 Å². The van der Waals surface area contributed by atoms with Crippen LogP contribution in [-0.4, -0.2) is 59.7 Å². The highest BCUT2D eigenvalue weighted by atomic mass is 16.3. The molecule has 156 valence electrons. The molecule has 29 heavy (non-hydrogen) atoms. The quantitative estimate of drug-likeness (QED) is 0.581. The van der Waals surface area contributed by atoms with E-state index in [0.29, 0.717) is 18.1 Å². The molecule has 0 bridgehead atoms. The summed E-state index contributed by atoms with van der Waals surface area (Å²) in [6.07, 6.45) is 9.92. The van der Waals surface area contributed by atoms with Crippen LogP contribution in [0.3, 0.4) is 0 Å². The van der Waals surface area contributed by atoms with E-state index in [-0.39, 0.29) is 18.6 Å². The Hall–Kier alpha value is -1.77. The number of aliphatic hydroxyl groups is 3. The first-order chi connectivity index (χ1) is 14.1. The predicted molar refractivity (Wildman–Crippen MR) is 106 cm³/mol. The third-order valence-electron chi connectivity index (χ3n) is 8.45. The molecule has 4 N–H and O–H groups in total. The Kier molecular flexibility index (Phi) is 3.96. The number of imidazole rings is 1. The number of rotatable bonds is 6. The van der Waals surface area contributed by atoms with Gasteiger partial charge in [-0.15, -0.1) is 0 Å². The van der Waals surface area contributed by atoms with Crippen molar-refractivity contribution in [3.8, 4) is 0 Å². The molecule has 0 amide bonds. The van der Waals surface area contributed by atoms with Crippen molar-refractivity contribution in [3.63, 3.8) is 0 Å². The Morgan fingerprint density at radius 1 is 1.10 bits per heavy atom. The first-order valence-corrected chi connectivity index (χ1v) is 11.0. The second kappa shape index (κ2) is 6.36. The van der Waals surface area contributed by atoms with Crippen LogP contribution in [0.5, 0.6) is 0 Å². The van der Waals surface area contributed by atoms with Crippen molar-refractivity contribution in [3.05, 3.63) is 12.7 Å². The maximum absolute atomic E-state index is 10.7. The van der Waals surface area contributed by atoms with Gasteiger partial charge in [0.1, 0.15) is 17.9 Å². The summed E-state index contributed by atoms with van der Waals surface area (Å²) in [6.45, 7) is -0.106. The topological polar surface area (TPSA) is 116 Å². The molecule has 4 aliphatic rings. The number of fused-ring (bicyclic) bond motifs is 2. The Morgan fingerprint density at radius 2 is 1.83 bits per heavy atom. The summed E-state index contributed by atoms with van der Waals surface area (Å²) in [4.78, 5) is 13.6. The van der Waals surface area contributed by atoms with Gasteiger partial charge in [-0.05, 0) is 49.9 Å². The van der Waals surface area contributed by atoms with Crippen LogP contribution in [0.15, 0.2) is 12.7 Å². The fourth-order valence-corrected chi connectivity index (χ4v) is 6.10. The molecule has 0 saturated heterocycles. The van der Waals surface area contributed by atoms with Gasteiger partial charge in [0.05, 0.1) is 25.1 Å². The van der Waals surface area contributed by atoms with Gasteiger partial charge in [-0.25, -0.2) is 15.0 Å². The lowest BCUT2D eigenvalue weighted by Gasteiger charge is -2.43. The third-order valence-corrected chi connectivity index (χ3v) is 8.45. The van der Waals surface area contributed by atoms with Gasteiger partial charge in [0.25, 0.3) is 0 Å². The third kappa shape index (κ3) is 2.45. The van der Waals surface area contributed by atoms with Crippen molar-refractivity contribution in [2.24, 2.45) is 23.2 Å². The molecule has 0 spiro atoms. The Balaban J connectivity index is 1.33. The first-order valence-electron chi connectivity index (χ1n) is 11.0. The molecule has 2 heterocycles. The molecule has 8 nitrogen and oxygen atoms in total. The molecular weight excluding hydrogens is 370 g/mol. The van der Waals surface area contributed by atoms with Crippen LogP contribution < -0.4 is 5.32 Å². The molecule has 0 aromatic carbocycles. The van der Waals surface area contributed by atoms with Gasteiger partial charge in [0.2, 0.25) is 0 Å². The molecule has 3 unspecified atom stereocenters. The lowest BCUT2D eigenvalue weighted by atomic mass is 9.68. The monoisotopic (exact) mass is 399 g/mol. The number of hydrogen-bond acceptors (Lipinski definition) is 7. The van der Waals surface area contributed by atoms with Gasteiger partial charge in [0.15, 0.2) is 11.5 Å². The highest BCUT2D eigenvalue weighted by Crippen LogP contribution is 2.67. The minimum atomic E-state index is -0.928. The SMILES string of the molecule is OCC12CC1[C@@H](n1cnc3c(NC(C4CCC4)C4CCC4)ncnc31)[C@H](O)C2O. The van der Waals surface area contributed by atoms with Crippen LogP contribution >= 0.6 is 0 Å². The fourth-order valence-electron chi connectivity index (χ4n) is 6.10. The predicted octanol–water partition coefficient (Wildman–Crippen LogP) is 1.48. The van der Waals surface area contributed by atoms with E-state index >= 15 is 0 Å². The van der Waals surface area contributed by atoms with Gasteiger partial charge < -0.3 is 25.2 Å². The average molecular weight is 399 g/mol. The minimum absolute atomic E-state index is 0.0407. The number of hydrogen-bond donors (Lipinski definition) is 4. The molecule has 4 fully saturated rings. The van der Waals surface area contributed by atoms with E-state index in [1.54, 1.807) is 12.7 Å². The Labute approximate surface area is 169 Å². The number of anilines is 1. The molecule has 0 radical (unpaired) electrons. The molecule has 5 atom stereocenters. The molecule has 6 rings (SSSR count). The minimum Gasteiger partial charge on any atom is -0.396 e. The van der Waals surface area contributed by atoms with Crippen LogP contribution in [0, 0.1) is 23.2 Å². The smallest absolute Gasteiger partial charge is 0.165 e. The summed E-state index contributed by atoms with van der Waals surface area (Å²) >= 11 is 0. The average Bonchev–Trinajstić information content (AvgIpc) is 3.14. The van der Waals surface area contributed by atoms with Crippen LogP contribution in [0.2, 0.25) is 0 Å². The van der Waals surface area contributed by atoms with E-state index in [9.17, 15) is 15.3 Å². The van der Waals surface area contributed by atoms with Crippen LogP contribution in [0.25, 0.3) is 11.2 Å². The maximum Gasteiger partial charge on any atom is 0.165 e. The molecule has 4 aliphatic carbocycles. The van der Waals surface area contributed by atoms with Crippen molar-refractivity contribution in [1.29, 1.82) is 0 Å². The van der Waals surface area contributed by atoms with Gasteiger partial charge in [-0.2, -0.15) is 0 Å². The molecule has 2 aromatic rings. The van der Waals surface area contributed by atoms with E-state index in [2.05, 4.69) is 20.3 Å². The number of nitrogens with zero attached hydrogens (tertiary/aromatic N) is 4. The van der Waals surface area contributed by atoms with E-state index < -0.39 is 17.6 Å². The summed E-state index contributed by atoms with van der Waals surface area (Å²) in [5.74, 6) is 2.25. The zero-order chi connectivity index (χ0) is 19.8. The van der Waals surface area contributed by atoms with Crippen molar-refractivity contribution in [2.75, 3.05) is 11.9 Å². The van der Waals surface area contributed by atoms with Gasteiger partial charge in [0, 0.05) is 11.5 Å². The fraction of sp³-hybridized carbons (Fsp3) is 0.762. The molecular formula is C21H29N5O3. The van der Waals surface area contributed by atoms with Crippen molar-refractivity contribution < 1.29 is 15.3 Å². The largest absolute Gasteiger partial charge is 0.396 e. The van der Waals surface area contributed by atoms with Gasteiger partial charge in [-0.3, -0.25) is 0 Å². The molecule has 4 saturated carbocycles. The van der Waals surface area contributed by atoms with Crippen molar-refractivity contribution >= 4 is 17.0 Å². The lowest BCUT2D eigenvalue weighted by Crippen LogP contribution is -2.42. The molecule has 0 aliphatic heterocycles. The number of aliphatic hydroxyl groups excluding tert-OH is 3.